The fourth-order valence-electron chi connectivity index (χ4n) is 1.28. The van der Waals surface area contributed by atoms with Gasteiger partial charge >= 0.3 is 6.18 Å². The Morgan fingerprint density at radius 2 is 2.11 bits per heavy atom. The SMILES string of the molecule is CCCOc1cccnc1NCCOCC(F)(F)F. The predicted octanol–water partition coefficient (Wildman–Crippen LogP) is 2.86. The van der Waals surface area contributed by atoms with Crippen LogP contribution in [0.15, 0.2) is 18.3 Å². The molecule has 0 fully saturated rings. The molecule has 0 aliphatic carbocycles. The van der Waals surface area contributed by atoms with Crippen LogP contribution in [0.25, 0.3) is 0 Å². The summed E-state index contributed by atoms with van der Waals surface area (Å²) < 4.78 is 45.4. The molecule has 108 valence electrons. The predicted molar refractivity (Wildman–Crippen MR) is 65.4 cm³/mol. The lowest BCUT2D eigenvalue weighted by Crippen LogP contribution is -2.20. The maximum atomic E-state index is 11.8. The smallest absolute Gasteiger partial charge is 0.411 e. The summed E-state index contributed by atoms with van der Waals surface area (Å²) in [5.41, 5.74) is 0. The minimum Gasteiger partial charge on any atom is -0.490 e. The number of hydrogen-bond acceptors (Lipinski definition) is 4. The molecule has 1 heterocycles. The number of hydrogen-bond donors (Lipinski definition) is 1. The Labute approximate surface area is 109 Å². The third-order valence-electron chi connectivity index (χ3n) is 2.04. The fourth-order valence-corrected chi connectivity index (χ4v) is 1.28. The van der Waals surface area contributed by atoms with Gasteiger partial charge in [-0.2, -0.15) is 13.2 Å². The lowest BCUT2D eigenvalue weighted by Gasteiger charge is -2.12. The molecule has 0 amide bonds. The van der Waals surface area contributed by atoms with E-state index in [0.29, 0.717) is 18.2 Å². The van der Waals surface area contributed by atoms with Crippen LogP contribution < -0.4 is 10.1 Å². The second kappa shape index (κ2) is 7.83. The molecule has 0 saturated carbocycles. The maximum absolute atomic E-state index is 11.8. The molecule has 0 aliphatic heterocycles. The van der Waals surface area contributed by atoms with E-state index in [9.17, 15) is 13.2 Å². The van der Waals surface area contributed by atoms with Gasteiger partial charge in [-0.3, -0.25) is 0 Å². The number of ether oxygens (including phenoxy) is 2. The van der Waals surface area contributed by atoms with E-state index in [0.717, 1.165) is 6.42 Å². The maximum Gasteiger partial charge on any atom is 0.411 e. The Kier molecular flexibility index (Phi) is 6.41. The van der Waals surface area contributed by atoms with Crippen molar-refractivity contribution in [1.82, 2.24) is 4.98 Å². The van der Waals surface area contributed by atoms with Crippen LogP contribution >= 0.6 is 0 Å². The van der Waals surface area contributed by atoms with Gasteiger partial charge in [0, 0.05) is 12.7 Å². The normalized spacial score (nSPS) is 11.4. The molecule has 0 atom stereocenters. The van der Waals surface area contributed by atoms with Crippen LogP contribution in [0.4, 0.5) is 19.0 Å². The van der Waals surface area contributed by atoms with Gasteiger partial charge in [-0.1, -0.05) is 6.92 Å². The highest BCUT2D eigenvalue weighted by molar-refractivity contribution is 5.49. The van der Waals surface area contributed by atoms with E-state index in [1.165, 1.54) is 0 Å². The van der Waals surface area contributed by atoms with Crippen molar-refractivity contribution >= 4 is 5.82 Å². The Bertz CT molecular complexity index is 372. The summed E-state index contributed by atoms with van der Waals surface area (Å²) in [4.78, 5) is 4.06. The third-order valence-corrected chi connectivity index (χ3v) is 2.04. The van der Waals surface area contributed by atoms with Crippen LogP contribution in [-0.4, -0.2) is 37.5 Å². The molecule has 1 rings (SSSR count). The van der Waals surface area contributed by atoms with E-state index in [-0.39, 0.29) is 13.2 Å². The zero-order valence-electron chi connectivity index (χ0n) is 10.7. The van der Waals surface area contributed by atoms with Gasteiger partial charge in [0.05, 0.1) is 13.2 Å². The molecule has 4 nitrogen and oxygen atoms in total. The Morgan fingerprint density at radius 1 is 1.32 bits per heavy atom. The molecule has 7 heteroatoms. The molecule has 0 aromatic carbocycles. The number of anilines is 1. The number of halogens is 3. The molecule has 1 N–H and O–H groups in total. The zero-order valence-corrected chi connectivity index (χ0v) is 10.7. The van der Waals surface area contributed by atoms with Crippen LogP contribution in [-0.2, 0) is 4.74 Å². The molecular formula is C12H17F3N2O2. The van der Waals surface area contributed by atoms with Gasteiger partial charge in [0.2, 0.25) is 0 Å². The first kappa shape index (κ1) is 15.6. The van der Waals surface area contributed by atoms with Crippen molar-refractivity contribution in [3.8, 4) is 5.75 Å². The zero-order chi connectivity index (χ0) is 14.1. The van der Waals surface area contributed by atoms with E-state index < -0.39 is 12.8 Å². The standard InChI is InChI=1S/C12H17F3N2O2/c1-2-7-19-10-4-3-5-16-11(10)17-6-8-18-9-12(13,14)15/h3-5H,2,6-9H2,1H3,(H,16,17). The summed E-state index contributed by atoms with van der Waals surface area (Å²) in [5, 5.41) is 2.88. The number of nitrogens with one attached hydrogen (secondary N) is 1. The largest absolute Gasteiger partial charge is 0.490 e. The highest BCUT2D eigenvalue weighted by Gasteiger charge is 2.27. The van der Waals surface area contributed by atoms with Crippen LogP contribution in [0.1, 0.15) is 13.3 Å². The van der Waals surface area contributed by atoms with Crippen molar-refractivity contribution in [3.05, 3.63) is 18.3 Å². The van der Waals surface area contributed by atoms with Gasteiger partial charge in [-0.25, -0.2) is 4.98 Å². The van der Waals surface area contributed by atoms with Gasteiger partial charge in [-0.05, 0) is 18.6 Å². The minimum atomic E-state index is -4.29. The van der Waals surface area contributed by atoms with Crippen molar-refractivity contribution in [2.45, 2.75) is 19.5 Å². The second-order valence-electron chi connectivity index (χ2n) is 3.79. The number of pyridine rings is 1. The first-order valence-corrected chi connectivity index (χ1v) is 5.99. The summed E-state index contributed by atoms with van der Waals surface area (Å²) in [5.74, 6) is 1.09. The summed E-state index contributed by atoms with van der Waals surface area (Å²) >= 11 is 0. The summed E-state index contributed by atoms with van der Waals surface area (Å²) in [6.07, 6.45) is -1.85. The lowest BCUT2D eigenvalue weighted by molar-refractivity contribution is -0.172. The second-order valence-corrected chi connectivity index (χ2v) is 3.79. The van der Waals surface area contributed by atoms with E-state index in [2.05, 4.69) is 15.0 Å². The highest BCUT2D eigenvalue weighted by atomic mass is 19.4. The molecule has 0 unspecified atom stereocenters. The average molecular weight is 278 g/mol. The minimum absolute atomic E-state index is 0.0523. The van der Waals surface area contributed by atoms with Gasteiger partial charge in [-0.15, -0.1) is 0 Å². The monoisotopic (exact) mass is 278 g/mol. The quantitative estimate of drug-likeness (QED) is 0.743. The van der Waals surface area contributed by atoms with Crippen LogP contribution in [0.5, 0.6) is 5.75 Å². The van der Waals surface area contributed by atoms with E-state index >= 15 is 0 Å². The van der Waals surface area contributed by atoms with Crippen molar-refractivity contribution < 1.29 is 22.6 Å². The van der Waals surface area contributed by atoms with E-state index in [1.807, 2.05) is 6.92 Å². The van der Waals surface area contributed by atoms with Crippen LogP contribution in [0, 0.1) is 0 Å². The molecule has 0 aliphatic rings. The Hall–Kier alpha value is -1.50. The van der Waals surface area contributed by atoms with Gasteiger partial charge in [0.15, 0.2) is 11.6 Å². The van der Waals surface area contributed by atoms with Crippen molar-refractivity contribution in [2.75, 3.05) is 31.7 Å². The van der Waals surface area contributed by atoms with Crippen LogP contribution in [0.2, 0.25) is 0 Å². The molecule has 1 aromatic rings. The van der Waals surface area contributed by atoms with Crippen molar-refractivity contribution in [2.24, 2.45) is 0 Å². The number of aromatic nitrogens is 1. The highest BCUT2D eigenvalue weighted by Crippen LogP contribution is 2.20. The summed E-state index contributed by atoms with van der Waals surface area (Å²) in [6.45, 7) is 1.48. The number of nitrogens with zero attached hydrogens (tertiary/aromatic N) is 1. The van der Waals surface area contributed by atoms with E-state index in [1.54, 1.807) is 18.3 Å². The molecule has 19 heavy (non-hydrogen) atoms. The van der Waals surface area contributed by atoms with Crippen molar-refractivity contribution in [1.29, 1.82) is 0 Å². The molecule has 0 radical (unpaired) electrons. The van der Waals surface area contributed by atoms with Gasteiger partial charge in [0.25, 0.3) is 0 Å². The molecule has 0 bridgehead atoms. The molecular weight excluding hydrogens is 261 g/mol. The summed E-state index contributed by atoms with van der Waals surface area (Å²) in [6, 6.07) is 3.48. The number of alkyl halides is 3. The van der Waals surface area contributed by atoms with Gasteiger partial charge < -0.3 is 14.8 Å². The van der Waals surface area contributed by atoms with Crippen LogP contribution in [0.3, 0.4) is 0 Å². The van der Waals surface area contributed by atoms with Gasteiger partial charge in [0.1, 0.15) is 6.61 Å². The first-order chi connectivity index (χ1) is 9.03. The Morgan fingerprint density at radius 3 is 2.79 bits per heavy atom. The fraction of sp³-hybridized carbons (Fsp3) is 0.583. The van der Waals surface area contributed by atoms with Crippen molar-refractivity contribution in [3.63, 3.8) is 0 Å². The first-order valence-electron chi connectivity index (χ1n) is 5.99. The number of rotatable bonds is 8. The third kappa shape index (κ3) is 6.85. The lowest BCUT2D eigenvalue weighted by atomic mass is 10.4. The molecule has 0 saturated heterocycles. The molecule has 0 spiro atoms. The Balaban J connectivity index is 2.32. The molecule has 1 aromatic heterocycles. The topological polar surface area (TPSA) is 43.4 Å². The average Bonchev–Trinajstić information content (AvgIpc) is 2.36. The summed E-state index contributed by atoms with van der Waals surface area (Å²) in [7, 11) is 0. The van der Waals surface area contributed by atoms with E-state index in [4.69, 9.17) is 4.74 Å².